The maximum Gasteiger partial charge on any atom is 0.513 e. The van der Waals surface area contributed by atoms with Crippen molar-refractivity contribution in [2.24, 2.45) is 0 Å². The maximum absolute atomic E-state index is 8.80. The molecule has 1 aromatic heterocycles. The van der Waals surface area contributed by atoms with Gasteiger partial charge in [0.05, 0.1) is 6.61 Å². The lowest BCUT2D eigenvalue weighted by atomic mass is 9.86. The first-order valence-electron chi connectivity index (χ1n) is 3.55. The van der Waals surface area contributed by atoms with Crippen LogP contribution in [0.1, 0.15) is 6.92 Å². The Balaban J connectivity index is 2.92. The highest BCUT2D eigenvalue weighted by atomic mass is 16.5. The molecule has 0 spiro atoms. The Morgan fingerprint density at radius 3 is 2.67 bits per heavy atom. The molecule has 5 nitrogen and oxygen atoms in total. The van der Waals surface area contributed by atoms with E-state index >= 15 is 0 Å². The normalized spacial score (nSPS) is 9.58. The number of hydrogen-bond donors (Lipinski definition) is 2. The van der Waals surface area contributed by atoms with E-state index in [0.29, 0.717) is 6.61 Å². The molecule has 1 heterocycles. The zero-order chi connectivity index (χ0) is 8.97. The van der Waals surface area contributed by atoms with Crippen LogP contribution in [0.2, 0.25) is 0 Å². The molecule has 12 heavy (non-hydrogen) atoms. The summed E-state index contributed by atoms with van der Waals surface area (Å²) < 4.78 is 5.00. The Labute approximate surface area is 70.2 Å². The fraction of sp³-hybridized carbons (Fsp3) is 0.333. The Kier molecular flexibility index (Phi) is 3.01. The van der Waals surface area contributed by atoms with Crippen molar-refractivity contribution in [3.63, 3.8) is 0 Å². The summed E-state index contributed by atoms with van der Waals surface area (Å²) >= 11 is 0. The van der Waals surface area contributed by atoms with Crippen molar-refractivity contribution in [3.05, 3.63) is 12.4 Å². The van der Waals surface area contributed by atoms with E-state index in [0.717, 1.165) is 0 Å². The lowest BCUT2D eigenvalue weighted by Gasteiger charge is -2.05. The molecular formula is C6H9BN2O3. The van der Waals surface area contributed by atoms with Crippen molar-refractivity contribution in [1.29, 1.82) is 0 Å². The lowest BCUT2D eigenvalue weighted by Crippen LogP contribution is -2.34. The van der Waals surface area contributed by atoms with Crippen LogP contribution in [0.25, 0.3) is 0 Å². The van der Waals surface area contributed by atoms with Crippen LogP contribution in [0.3, 0.4) is 0 Å². The van der Waals surface area contributed by atoms with Gasteiger partial charge < -0.3 is 14.8 Å². The van der Waals surface area contributed by atoms with E-state index in [1.807, 2.05) is 0 Å². The van der Waals surface area contributed by atoms with Crippen molar-refractivity contribution in [2.75, 3.05) is 6.61 Å². The standard InChI is InChI=1S/C6H9BN2O3/c1-2-12-6-5(7(10)11)8-3-4-9-6/h3-4,10-11H,2H2,1H3. The van der Waals surface area contributed by atoms with E-state index in [2.05, 4.69) is 9.97 Å². The summed E-state index contributed by atoms with van der Waals surface area (Å²) in [6.45, 7) is 2.20. The predicted octanol–water partition coefficient (Wildman–Crippen LogP) is -1.44. The van der Waals surface area contributed by atoms with Gasteiger partial charge in [-0.15, -0.1) is 0 Å². The summed E-state index contributed by atoms with van der Waals surface area (Å²) in [6.07, 6.45) is 2.80. The fourth-order valence-electron chi connectivity index (χ4n) is 0.761. The van der Waals surface area contributed by atoms with Gasteiger partial charge in [0, 0.05) is 12.4 Å². The van der Waals surface area contributed by atoms with Crippen LogP contribution in [0, 0.1) is 0 Å². The van der Waals surface area contributed by atoms with Crippen molar-refractivity contribution >= 4 is 12.7 Å². The summed E-state index contributed by atoms with van der Waals surface area (Å²) in [4.78, 5) is 7.49. The van der Waals surface area contributed by atoms with E-state index in [9.17, 15) is 0 Å². The van der Waals surface area contributed by atoms with Gasteiger partial charge in [0.1, 0.15) is 5.59 Å². The third-order valence-corrected chi connectivity index (χ3v) is 1.22. The van der Waals surface area contributed by atoms with Crippen molar-refractivity contribution < 1.29 is 14.8 Å². The van der Waals surface area contributed by atoms with Crippen LogP contribution in [0.4, 0.5) is 0 Å². The summed E-state index contributed by atoms with van der Waals surface area (Å²) in [5.41, 5.74) is 0.0411. The SMILES string of the molecule is CCOc1nccnc1B(O)O. The zero-order valence-electron chi connectivity index (χ0n) is 6.64. The topological polar surface area (TPSA) is 75.5 Å². The molecule has 64 valence electrons. The van der Waals surface area contributed by atoms with Crippen molar-refractivity contribution in [2.45, 2.75) is 6.92 Å². The van der Waals surface area contributed by atoms with Gasteiger partial charge in [-0.05, 0) is 6.92 Å². The second kappa shape index (κ2) is 4.03. The highest BCUT2D eigenvalue weighted by Crippen LogP contribution is 1.98. The monoisotopic (exact) mass is 168 g/mol. The van der Waals surface area contributed by atoms with Crippen LogP contribution in [-0.2, 0) is 0 Å². The van der Waals surface area contributed by atoms with E-state index in [1.54, 1.807) is 6.92 Å². The summed E-state index contributed by atoms with van der Waals surface area (Å²) in [7, 11) is -1.64. The lowest BCUT2D eigenvalue weighted by molar-refractivity contribution is 0.325. The Morgan fingerprint density at radius 1 is 1.42 bits per heavy atom. The molecule has 0 fully saturated rings. The van der Waals surface area contributed by atoms with Gasteiger partial charge in [-0.2, -0.15) is 0 Å². The third kappa shape index (κ3) is 1.93. The van der Waals surface area contributed by atoms with Crippen LogP contribution in [-0.4, -0.2) is 33.7 Å². The summed E-state index contributed by atoms with van der Waals surface area (Å²) in [5.74, 6) is 0.162. The fourth-order valence-corrected chi connectivity index (χ4v) is 0.761. The maximum atomic E-state index is 8.80. The van der Waals surface area contributed by atoms with Gasteiger partial charge in [0.15, 0.2) is 0 Å². The first kappa shape index (κ1) is 8.96. The Morgan fingerprint density at radius 2 is 2.08 bits per heavy atom. The number of nitrogens with zero attached hydrogens (tertiary/aromatic N) is 2. The minimum absolute atomic E-state index is 0.0411. The first-order chi connectivity index (χ1) is 5.75. The van der Waals surface area contributed by atoms with Gasteiger partial charge >= 0.3 is 7.12 Å². The summed E-state index contributed by atoms with van der Waals surface area (Å²) in [5, 5.41) is 17.6. The van der Waals surface area contributed by atoms with Gasteiger partial charge in [0.2, 0.25) is 5.88 Å². The second-order valence-corrected chi connectivity index (χ2v) is 2.05. The molecule has 1 aromatic rings. The Bertz CT molecular complexity index is 256. The molecule has 0 radical (unpaired) electrons. The van der Waals surface area contributed by atoms with Gasteiger partial charge in [0.25, 0.3) is 0 Å². The third-order valence-electron chi connectivity index (χ3n) is 1.22. The Hall–Kier alpha value is -1.14. The van der Waals surface area contributed by atoms with Crippen molar-refractivity contribution in [1.82, 2.24) is 9.97 Å². The molecule has 0 aromatic carbocycles. The number of rotatable bonds is 3. The molecule has 0 saturated heterocycles. The highest BCUT2D eigenvalue weighted by Gasteiger charge is 2.19. The van der Waals surface area contributed by atoms with E-state index in [-0.39, 0.29) is 11.5 Å². The minimum atomic E-state index is -1.64. The molecule has 0 unspecified atom stereocenters. The van der Waals surface area contributed by atoms with E-state index in [4.69, 9.17) is 14.8 Å². The van der Waals surface area contributed by atoms with Crippen LogP contribution < -0.4 is 10.3 Å². The van der Waals surface area contributed by atoms with Gasteiger partial charge in [-0.25, -0.2) is 4.98 Å². The predicted molar refractivity (Wildman–Crippen MR) is 43.0 cm³/mol. The number of hydrogen-bond acceptors (Lipinski definition) is 5. The van der Waals surface area contributed by atoms with Crippen LogP contribution in [0.5, 0.6) is 5.88 Å². The molecule has 0 aliphatic carbocycles. The van der Waals surface area contributed by atoms with Crippen LogP contribution >= 0.6 is 0 Å². The molecule has 0 atom stereocenters. The molecule has 0 saturated carbocycles. The van der Waals surface area contributed by atoms with Gasteiger partial charge in [-0.3, -0.25) is 4.98 Å². The van der Waals surface area contributed by atoms with Crippen molar-refractivity contribution in [3.8, 4) is 5.88 Å². The quantitative estimate of drug-likeness (QED) is 0.540. The molecule has 0 bridgehead atoms. The average molecular weight is 168 g/mol. The first-order valence-corrected chi connectivity index (χ1v) is 3.55. The molecule has 0 aliphatic heterocycles. The molecule has 0 amide bonds. The average Bonchev–Trinajstić information content (AvgIpc) is 2.05. The van der Waals surface area contributed by atoms with Crippen LogP contribution in [0.15, 0.2) is 12.4 Å². The number of aromatic nitrogens is 2. The smallest absolute Gasteiger partial charge is 0.477 e. The highest BCUT2D eigenvalue weighted by molar-refractivity contribution is 6.58. The zero-order valence-corrected chi connectivity index (χ0v) is 6.64. The molecular weight excluding hydrogens is 159 g/mol. The molecule has 0 aliphatic rings. The molecule has 1 rings (SSSR count). The van der Waals surface area contributed by atoms with E-state index in [1.165, 1.54) is 12.4 Å². The second-order valence-electron chi connectivity index (χ2n) is 2.05. The molecule has 6 heteroatoms. The minimum Gasteiger partial charge on any atom is -0.477 e. The molecule has 2 N–H and O–H groups in total. The summed E-state index contributed by atoms with van der Waals surface area (Å²) in [6, 6.07) is 0. The van der Waals surface area contributed by atoms with Gasteiger partial charge in [-0.1, -0.05) is 0 Å². The van der Waals surface area contributed by atoms with E-state index < -0.39 is 7.12 Å². The number of ether oxygens (including phenoxy) is 1. The largest absolute Gasteiger partial charge is 0.513 e.